The Morgan fingerprint density at radius 2 is 1.89 bits per heavy atom. The van der Waals surface area contributed by atoms with E-state index < -0.39 is 23.6 Å². The molecular weight excluding hydrogens is 428 g/mol. The molecule has 1 heterocycles. The van der Waals surface area contributed by atoms with Crippen molar-refractivity contribution in [1.29, 1.82) is 0 Å². The molecule has 0 aliphatic carbocycles. The van der Waals surface area contributed by atoms with Crippen LogP contribution in [0.15, 0.2) is 53.0 Å². The maximum absolute atomic E-state index is 12.9. The van der Waals surface area contributed by atoms with Gasteiger partial charge in [-0.1, -0.05) is 28.1 Å². The highest BCUT2D eigenvalue weighted by Gasteiger charge is 2.49. The average molecular weight is 449 g/mol. The van der Waals surface area contributed by atoms with E-state index in [-0.39, 0.29) is 13.2 Å². The monoisotopic (exact) mass is 448 g/mol. The van der Waals surface area contributed by atoms with Gasteiger partial charge in [0.15, 0.2) is 0 Å². The van der Waals surface area contributed by atoms with Crippen LogP contribution in [-0.2, 0) is 10.3 Å². The topological polar surface area (TPSA) is 88.1 Å². The van der Waals surface area contributed by atoms with Crippen molar-refractivity contribution in [1.82, 2.24) is 10.2 Å². The molecule has 0 saturated carbocycles. The number of halogens is 1. The van der Waals surface area contributed by atoms with E-state index in [4.69, 9.17) is 9.47 Å². The summed E-state index contributed by atoms with van der Waals surface area (Å²) in [5.74, 6) is 0.733. The van der Waals surface area contributed by atoms with E-state index in [9.17, 15) is 14.7 Å². The van der Waals surface area contributed by atoms with Gasteiger partial charge in [-0.15, -0.1) is 0 Å². The van der Waals surface area contributed by atoms with Gasteiger partial charge >= 0.3 is 6.03 Å². The van der Waals surface area contributed by atoms with E-state index in [0.29, 0.717) is 17.1 Å². The molecule has 0 radical (unpaired) electrons. The third kappa shape index (κ3) is 4.13. The van der Waals surface area contributed by atoms with Gasteiger partial charge < -0.3 is 19.9 Å². The molecular formula is C20H21BrN2O5. The summed E-state index contributed by atoms with van der Waals surface area (Å²) in [5, 5.41) is 13.0. The number of nitrogens with zero attached hydrogens (tertiary/aromatic N) is 1. The van der Waals surface area contributed by atoms with Crippen LogP contribution in [0.5, 0.6) is 11.5 Å². The number of urea groups is 1. The second-order valence-corrected chi connectivity index (χ2v) is 7.54. The molecule has 2 atom stereocenters. The van der Waals surface area contributed by atoms with Crippen molar-refractivity contribution >= 4 is 27.9 Å². The maximum Gasteiger partial charge on any atom is 0.325 e. The van der Waals surface area contributed by atoms with Crippen molar-refractivity contribution in [2.45, 2.75) is 18.6 Å². The Balaban J connectivity index is 1.66. The van der Waals surface area contributed by atoms with Gasteiger partial charge in [0.1, 0.15) is 29.7 Å². The van der Waals surface area contributed by atoms with Gasteiger partial charge in [-0.2, -0.15) is 0 Å². The zero-order chi connectivity index (χ0) is 20.3. The van der Waals surface area contributed by atoms with Crippen molar-refractivity contribution in [2.75, 3.05) is 20.3 Å². The quantitative estimate of drug-likeness (QED) is 0.635. The van der Waals surface area contributed by atoms with Crippen molar-refractivity contribution in [3.05, 3.63) is 58.6 Å². The Bertz CT molecular complexity index is 873. The summed E-state index contributed by atoms with van der Waals surface area (Å²) in [4.78, 5) is 26.3. The Labute approximate surface area is 171 Å². The number of benzene rings is 2. The second-order valence-electron chi connectivity index (χ2n) is 6.62. The number of carbonyl (C=O) groups is 2. The zero-order valence-electron chi connectivity index (χ0n) is 15.5. The predicted octanol–water partition coefficient (Wildman–Crippen LogP) is 2.66. The average Bonchev–Trinajstić information content (AvgIpc) is 2.91. The number of β-amino-alcohol motifs (C(OH)–C–C–N with tert-alkyl or cyclic N) is 1. The van der Waals surface area contributed by atoms with E-state index >= 15 is 0 Å². The van der Waals surface area contributed by atoms with Crippen molar-refractivity contribution in [3.8, 4) is 11.5 Å². The van der Waals surface area contributed by atoms with Crippen molar-refractivity contribution in [3.63, 3.8) is 0 Å². The largest absolute Gasteiger partial charge is 0.497 e. The first-order chi connectivity index (χ1) is 13.3. The summed E-state index contributed by atoms with van der Waals surface area (Å²) in [6.07, 6.45) is -1.02. The number of nitrogens with one attached hydrogen (secondary N) is 1. The van der Waals surface area contributed by atoms with Gasteiger partial charge in [0.05, 0.1) is 13.7 Å². The van der Waals surface area contributed by atoms with Gasteiger partial charge in [0.25, 0.3) is 5.91 Å². The Kier molecular flexibility index (Phi) is 5.90. The van der Waals surface area contributed by atoms with Crippen LogP contribution in [0.1, 0.15) is 12.5 Å². The fraction of sp³-hybridized carbons (Fsp3) is 0.300. The standard InChI is InChI=1S/C20H21BrN2O5/c1-20(13-4-3-5-17(10-13)27-2)18(25)23(19(26)22-20)11-15(24)12-28-16-8-6-14(21)7-9-16/h3-10,15,24H,11-12H2,1-2H3,(H,22,26)/t15-,20+/m1/s1. The minimum atomic E-state index is -1.22. The SMILES string of the molecule is COc1cccc([C@]2(C)NC(=O)N(C[C@@H](O)COc3ccc(Br)cc3)C2=O)c1. The number of methoxy groups -OCH3 is 1. The zero-order valence-corrected chi connectivity index (χ0v) is 17.1. The molecule has 3 rings (SSSR count). The molecule has 1 fully saturated rings. The van der Waals surface area contributed by atoms with Crippen LogP contribution >= 0.6 is 15.9 Å². The molecule has 0 spiro atoms. The number of hydrogen-bond donors (Lipinski definition) is 2. The van der Waals surface area contributed by atoms with Crippen LogP contribution < -0.4 is 14.8 Å². The maximum atomic E-state index is 12.9. The van der Waals surface area contributed by atoms with Gasteiger partial charge in [0.2, 0.25) is 0 Å². The molecule has 1 saturated heterocycles. The molecule has 2 aromatic carbocycles. The summed E-state index contributed by atoms with van der Waals surface area (Å²) in [6.45, 7) is 1.42. The third-order valence-corrected chi connectivity index (χ3v) is 5.10. The molecule has 0 bridgehead atoms. The summed E-state index contributed by atoms with van der Waals surface area (Å²) >= 11 is 3.33. The van der Waals surface area contributed by atoms with Crippen LogP contribution in [0, 0.1) is 0 Å². The first-order valence-corrected chi connectivity index (χ1v) is 9.48. The van der Waals surface area contributed by atoms with Gasteiger partial charge in [-0.25, -0.2) is 4.79 Å². The summed E-state index contributed by atoms with van der Waals surface area (Å²) < 4.78 is 11.6. The number of aliphatic hydroxyl groups excluding tert-OH is 1. The molecule has 28 heavy (non-hydrogen) atoms. The fourth-order valence-electron chi connectivity index (χ4n) is 2.98. The van der Waals surface area contributed by atoms with E-state index in [0.717, 1.165) is 9.37 Å². The van der Waals surface area contributed by atoms with E-state index in [1.54, 1.807) is 43.3 Å². The highest BCUT2D eigenvalue weighted by molar-refractivity contribution is 9.10. The lowest BCUT2D eigenvalue weighted by atomic mass is 9.92. The normalized spacial score (nSPS) is 20.1. The number of carbonyl (C=O) groups excluding carboxylic acids is 2. The van der Waals surface area contributed by atoms with Crippen molar-refractivity contribution in [2.24, 2.45) is 0 Å². The van der Waals surface area contributed by atoms with E-state index in [2.05, 4.69) is 21.2 Å². The molecule has 7 nitrogen and oxygen atoms in total. The highest BCUT2D eigenvalue weighted by Crippen LogP contribution is 2.31. The summed E-state index contributed by atoms with van der Waals surface area (Å²) in [7, 11) is 1.53. The van der Waals surface area contributed by atoms with Crippen LogP contribution in [-0.4, -0.2) is 48.3 Å². The molecule has 1 aliphatic heterocycles. The summed E-state index contributed by atoms with van der Waals surface area (Å²) in [6, 6.07) is 13.5. The number of rotatable bonds is 7. The Morgan fingerprint density at radius 3 is 2.57 bits per heavy atom. The van der Waals surface area contributed by atoms with E-state index in [1.807, 2.05) is 12.1 Å². The number of hydrogen-bond acceptors (Lipinski definition) is 5. The smallest absolute Gasteiger partial charge is 0.325 e. The van der Waals surface area contributed by atoms with Crippen LogP contribution in [0.2, 0.25) is 0 Å². The van der Waals surface area contributed by atoms with Gasteiger partial charge in [0, 0.05) is 4.47 Å². The molecule has 2 N–H and O–H groups in total. The number of ether oxygens (including phenoxy) is 2. The van der Waals surface area contributed by atoms with Crippen LogP contribution in [0.4, 0.5) is 4.79 Å². The number of amides is 3. The Hall–Kier alpha value is -2.58. The molecule has 0 aromatic heterocycles. The lowest BCUT2D eigenvalue weighted by Gasteiger charge is -2.23. The molecule has 0 unspecified atom stereocenters. The molecule has 8 heteroatoms. The minimum Gasteiger partial charge on any atom is -0.497 e. The van der Waals surface area contributed by atoms with Gasteiger partial charge in [-0.05, 0) is 48.9 Å². The van der Waals surface area contributed by atoms with Crippen LogP contribution in [0.3, 0.4) is 0 Å². The second kappa shape index (κ2) is 8.20. The summed E-state index contributed by atoms with van der Waals surface area (Å²) in [5.41, 5.74) is -0.619. The lowest BCUT2D eigenvalue weighted by Crippen LogP contribution is -2.42. The van der Waals surface area contributed by atoms with Gasteiger partial charge in [-0.3, -0.25) is 9.69 Å². The van der Waals surface area contributed by atoms with Crippen molar-refractivity contribution < 1.29 is 24.2 Å². The highest BCUT2D eigenvalue weighted by atomic mass is 79.9. The number of aliphatic hydroxyl groups is 1. The minimum absolute atomic E-state index is 0.0471. The lowest BCUT2D eigenvalue weighted by molar-refractivity contribution is -0.132. The molecule has 2 aromatic rings. The third-order valence-electron chi connectivity index (χ3n) is 4.57. The number of imide groups is 1. The Morgan fingerprint density at radius 1 is 1.18 bits per heavy atom. The molecule has 148 valence electrons. The molecule has 1 aliphatic rings. The first kappa shape index (κ1) is 20.2. The fourth-order valence-corrected chi connectivity index (χ4v) is 3.24. The van der Waals surface area contributed by atoms with E-state index in [1.165, 1.54) is 7.11 Å². The molecule has 3 amide bonds. The first-order valence-electron chi connectivity index (χ1n) is 8.68. The van der Waals surface area contributed by atoms with Crippen LogP contribution in [0.25, 0.3) is 0 Å². The predicted molar refractivity (Wildman–Crippen MR) is 106 cm³/mol.